The fourth-order valence-electron chi connectivity index (χ4n) is 0.828. The highest BCUT2D eigenvalue weighted by Crippen LogP contribution is 2.23. The zero-order valence-corrected chi connectivity index (χ0v) is 6.65. The summed E-state index contributed by atoms with van der Waals surface area (Å²) in [5.74, 6) is 0. The van der Waals surface area contributed by atoms with E-state index in [9.17, 15) is 9.59 Å². The third-order valence-corrected chi connectivity index (χ3v) is 1.41. The maximum absolute atomic E-state index is 9.97. The van der Waals surface area contributed by atoms with Gasteiger partial charge in [-0.05, 0) is 24.6 Å². The van der Waals surface area contributed by atoms with Gasteiger partial charge in [0, 0.05) is 0 Å². The normalized spacial score (nSPS) is 8.38. The van der Waals surface area contributed by atoms with E-state index < -0.39 is 0 Å². The van der Waals surface area contributed by atoms with Crippen molar-refractivity contribution in [2.75, 3.05) is 0 Å². The van der Waals surface area contributed by atoms with Crippen LogP contribution in [0.5, 0.6) is 0 Å². The first-order chi connectivity index (χ1) is 6.27. The van der Waals surface area contributed by atoms with Gasteiger partial charge in [0.2, 0.25) is 12.2 Å². The summed E-state index contributed by atoms with van der Waals surface area (Å²) in [5, 5.41) is 0. The van der Waals surface area contributed by atoms with E-state index in [-0.39, 0.29) is 0 Å². The Morgan fingerprint density at radius 3 is 2.46 bits per heavy atom. The van der Waals surface area contributed by atoms with Crippen LogP contribution in [0, 0.1) is 6.92 Å². The highest BCUT2D eigenvalue weighted by atomic mass is 16.1. The van der Waals surface area contributed by atoms with Crippen LogP contribution in [0.25, 0.3) is 0 Å². The number of aliphatic imine (C=N–C) groups is 2. The van der Waals surface area contributed by atoms with Gasteiger partial charge in [-0.15, -0.1) is 0 Å². The van der Waals surface area contributed by atoms with Crippen LogP contribution in [0.4, 0.5) is 11.4 Å². The van der Waals surface area contributed by atoms with Gasteiger partial charge in [-0.2, -0.15) is 9.98 Å². The molecule has 4 nitrogen and oxygen atoms in total. The van der Waals surface area contributed by atoms with Gasteiger partial charge in [0.1, 0.15) is 0 Å². The molecule has 0 heterocycles. The van der Waals surface area contributed by atoms with Gasteiger partial charge in [-0.25, -0.2) is 9.59 Å². The molecule has 1 aromatic carbocycles. The van der Waals surface area contributed by atoms with Crippen LogP contribution in [-0.4, -0.2) is 12.2 Å². The lowest BCUT2D eigenvalue weighted by Crippen LogP contribution is -1.73. The van der Waals surface area contributed by atoms with Crippen LogP contribution in [0.1, 0.15) is 5.56 Å². The molecule has 0 fully saturated rings. The molecule has 13 heavy (non-hydrogen) atoms. The van der Waals surface area contributed by atoms with Gasteiger partial charge >= 0.3 is 0 Å². The van der Waals surface area contributed by atoms with Crippen LogP contribution in [0.2, 0.25) is 0 Å². The van der Waals surface area contributed by atoms with Crippen LogP contribution < -0.4 is 0 Å². The molecule has 1 rings (SSSR count). The van der Waals surface area contributed by atoms with Crippen molar-refractivity contribution in [3.05, 3.63) is 30.7 Å². The van der Waals surface area contributed by atoms with Gasteiger partial charge in [-0.3, -0.25) is 0 Å². The number of rotatable bonds is 2. The second-order valence-corrected chi connectivity index (χ2v) is 2.22. The predicted octanol–water partition coefficient (Wildman–Crippen LogP) is 1.80. The van der Waals surface area contributed by atoms with Gasteiger partial charge < -0.3 is 0 Å². The first-order valence-corrected chi connectivity index (χ1v) is 3.39. The maximum atomic E-state index is 9.97. The molecule has 4 heteroatoms. The molecular weight excluding hydrogens is 168 g/mol. The Balaban J connectivity index is 3.25. The monoisotopic (exact) mass is 173 g/mol. The van der Waals surface area contributed by atoms with Gasteiger partial charge in [-0.1, -0.05) is 6.07 Å². The third kappa shape index (κ3) is 2.20. The average Bonchev–Trinajstić information content (AvgIpc) is 2.12. The number of hydrogen-bond donors (Lipinski definition) is 0. The van der Waals surface area contributed by atoms with E-state index in [1.54, 1.807) is 12.1 Å². The van der Waals surface area contributed by atoms with Crippen LogP contribution in [0.3, 0.4) is 0 Å². The van der Waals surface area contributed by atoms with Gasteiger partial charge in [0.15, 0.2) is 0 Å². The van der Waals surface area contributed by atoms with Crippen LogP contribution >= 0.6 is 0 Å². The van der Waals surface area contributed by atoms with Crippen LogP contribution in [-0.2, 0) is 9.59 Å². The SMILES string of the molecule is [CH2]c1ccc(N=C=O)cc1N=C=O. The second kappa shape index (κ2) is 4.12. The number of hydrogen-bond acceptors (Lipinski definition) is 4. The molecule has 0 aromatic heterocycles. The summed E-state index contributed by atoms with van der Waals surface area (Å²) in [5.41, 5.74) is 1.32. The van der Waals surface area contributed by atoms with Crippen molar-refractivity contribution in [2.45, 2.75) is 0 Å². The Labute approximate surface area is 74.6 Å². The molecule has 0 spiro atoms. The quantitative estimate of drug-likeness (QED) is 0.505. The van der Waals surface area contributed by atoms with E-state index in [1.807, 2.05) is 0 Å². The minimum atomic E-state index is 0.353. The Morgan fingerprint density at radius 1 is 1.15 bits per heavy atom. The van der Waals surface area contributed by atoms with E-state index in [0.717, 1.165) is 0 Å². The minimum Gasteiger partial charge on any atom is -0.211 e. The minimum absolute atomic E-state index is 0.353. The highest BCUT2D eigenvalue weighted by molar-refractivity contribution is 5.62. The molecule has 0 saturated heterocycles. The molecule has 1 aromatic rings. The summed E-state index contributed by atoms with van der Waals surface area (Å²) in [7, 11) is 0. The first kappa shape index (κ1) is 9.07. The molecule has 0 amide bonds. The molecule has 0 unspecified atom stereocenters. The summed E-state index contributed by atoms with van der Waals surface area (Å²) in [6.45, 7) is 3.63. The molecule has 0 N–H and O–H groups in total. The summed E-state index contributed by atoms with van der Waals surface area (Å²) >= 11 is 0. The van der Waals surface area contributed by atoms with Crippen molar-refractivity contribution in [2.24, 2.45) is 9.98 Å². The van der Waals surface area contributed by atoms with Crippen molar-refractivity contribution in [1.29, 1.82) is 0 Å². The molecule has 0 aliphatic carbocycles. The summed E-state index contributed by atoms with van der Waals surface area (Å²) in [6.07, 6.45) is 2.78. The second-order valence-electron chi connectivity index (χ2n) is 2.22. The van der Waals surface area contributed by atoms with E-state index in [0.29, 0.717) is 16.9 Å². The largest absolute Gasteiger partial charge is 0.240 e. The topological polar surface area (TPSA) is 58.9 Å². The van der Waals surface area contributed by atoms with Crippen molar-refractivity contribution in [3.8, 4) is 0 Å². The number of carbonyl (C=O) groups excluding carboxylic acids is 2. The molecule has 0 aliphatic rings. The van der Waals surface area contributed by atoms with E-state index in [4.69, 9.17) is 0 Å². The molecule has 0 saturated carbocycles. The highest BCUT2D eigenvalue weighted by Gasteiger charge is 1.97. The Kier molecular flexibility index (Phi) is 2.87. The zero-order valence-electron chi connectivity index (χ0n) is 6.65. The zero-order chi connectivity index (χ0) is 9.68. The molecule has 0 aliphatic heterocycles. The van der Waals surface area contributed by atoms with Crippen molar-refractivity contribution in [3.63, 3.8) is 0 Å². The number of isocyanates is 2. The van der Waals surface area contributed by atoms with E-state index in [2.05, 4.69) is 16.9 Å². The first-order valence-electron chi connectivity index (χ1n) is 3.39. The molecule has 0 atom stereocenters. The van der Waals surface area contributed by atoms with Crippen molar-refractivity contribution >= 4 is 23.5 Å². The average molecular weight is 173 g/mol. The Bertz CT molecular complexity index is 414. The lowest BCUT2D eigenvalue weighted by atomic mass is 10.2. The fourth-order valence-corrected chi connectivity index (χ4v) is 0.828. The molecule has 0 bridgehead atoms. The standard InChI is InChI=1S/C9H5N2O2/c1-7-2-3-8(10-5-12)4-9(7)11-6-13/h2-4H,1H2. The number of nitrogens with zero attached hydrogens (tertiary/aromatic N) is 2. The fraction of sp³-hybridized carbons (Fsp3) is 0. The van der Waals surface area contributed by atoms with Gasteiger partial charge in [0.05, 0.1) is 11.4 Å². The van der Waals surface area contributed by atoms with Crippen LogP contribution in [0.15, 0.2) is 28.2 Å². The van der Waals surface area contributed by atoms with Gasteiger partial charge in [0.25, 0.3) is 0 Å². The molecular formula is C9H5N2O2. The Morgan fingerprint density at radius 2 is 1.85 bits per heavy atom. The molecule has 63 valence electrons. The Hall–Kier alpha value is -2.02. The molecule has 1 radical (unpaired) electrons. The lowest BCUT2D eigenvalue weighted by Gasteiger charge is -1.96. The number of benzene rings is 1. The summed E-state index contributed by atoms with van der Waals surface area (Å²) < 4.78 is 0. The van der Waals surface area contributed by atoms with E-state index >= 15 is 0 Å². The predicted molar refractivity (Wildman–Crippen MR) is 46.5 cm³/mol. The smallest absolute Gasteiger partial charge is 0.211 e. The summed E-state index contributed by atoms with van der Waals surface area (Å²) in [6, 6.07) is 4.64. The third-order valence-electron chi connectivity index (χ3n) is 1.41. The lowest BCUT2D eigenvalue weighted by molar-refractivity contribution is 0.565. The van der Waals surface area contributed by atoms with Crippen molar-refractivity contribution in [1.82, 2.24) is 0 Å². The maximum Gasteiger partial charge on any atom is 0.240 e. The summed E-state index contributed by atoms with van der Waals surface area (Å²) in [4.78, 5) is 26.6. The van der Waals surface area contributed by atoms with E-state index in [1.165, 1.54) is 18.2 Å². The van der Waals surface area contributed by atoms with Crippen molar-refractivity contribution < 1.29 is 9.59 Å².